The van der Waals surface area contributed by atoms with Gasteiger partial charge in [0.05, 0.1) is 11.9 Å². The molecule has 1 saturated carbocycles. The Morgan fingerprint density at radius 1 is 1.12 bits per heavy atom. The number of aromatic nitrogens is 2. The average Bonchev–Trinajstić information content (AvgIpc) is 3.68. The van der Waals surface area contributed by atoms with Gasteiger partial charge in [0, 0.05) is 31.0 Å². The summed E-state index contributed by atoms with van der Waals surface area (Å²) in [4.78, 5) is 23.3. The molecule has 0 spiro atoms. The minimum Gasteiger partial charge on any atom is -0.439 e. The van der Waals surface area contributed by atoms with E-state index in [1.165, 1.54) is 24.0 Å². The van der Waals surface area contributed by atoms with Crippen LogP contribution in [0.25, 0.3) is 6.08 Å². The summed E-state index contributed by atoms with van der Waals surface area (Å²) in [5.74, 6) is 2.36. The minimum atomic E-state index is -0.0767. The van der Waals surface area contributed by atoms with Crippen LogP contribution in [0.4, 0.5) is 10.5 Å². The first-order valence-corrected chi connectivity index (χ1v) is 12.0. The van der Waals surface area contributed by atoms with Crippen LogP contribution in [0, 0.1) is 12.8 Å². The first kappa shape index (κ1) is 22.1. The number of piperidine rings is 1. The lowest BCUT2D eigenvalue weighted by atomic mass is 9.91. The van der Waals surface area contributed by atoms with Crippen molar-refractivity contribution in [1.29, 1.82) is 0 Å². The number of amides is 2. The Morgan fingerprint density at radius 3 is 2.71 bits per heavy atom. The number of nitrogens with zero attached hydrogens (tertiary/aromatic N) is 3. The number of urea groups is 1. The molecule has 1 saturated heterocycles. The van der Waals surface area contributed by atoms with Gasteiger partial charge in [-0.05, 0) is 73.4 Å². The molecule has 5 rings (SSSR count). The summed E-state index contributed by atoms with van der Waals surface area (Å²) in [7, 11) is 0. The van der Waals surface area contributed by atoms with Crippen LogP contribution in [0.15, 0.2) is 66.5 Å². The number of anilines is 1. The van der Waals surface area contributed by atoms with E-state index in [0.717, 1.165) is 29.1 Å². The predicted molar refractivity (Wildman–Crippen MR) is 134 cm³/mol. The average molecular weight is 455 g/mol. The van der Waals surface area contributed by atoms with Crippen molar-refractivity contribution in [2.24, 2.45) is 5.92 Å². The van der Waals surface area contributed by atoms with Crippen LogP contribution in [-0.4, -0.2) is 34.0 Å². The molecule has 1 atom stereocenters. The molecule has 1 unspecified atom stereocenters. The summed E-state index contributed by atoms with van der Waals surface area (Å²) < 4.78 is 6.00. The Balaban J connectivity index is 1.20. The predicted octanol–water partition coefficient (Wildman–Crippen LogP) is 6.41. The van der Waals surface area contributed by atoms with E-state index in [-0.39, 0.29) is 11.9 Å². The monoisotopic (exact) mass is 454 g/mol. The number of rotatable bonds is 5. The van der Waals surface area contributed by atoms with Gasteiger partial charge in [0.1, 0.15) is 5.75 Å². The molecular formula is C28H30N4O2. The molecule has 1 aliphatic heterocycles. The van der Waals surface area contributed by atoms with E-state index in [0.29, 0.717) is 24.9 Å². The highest BCUT2D eigenvalue weighted by Crippen LogP contribution is 2.40. The fourth-order valence-electron chi connectivity index (χ4n) is 4.31. The molecule has 2 amide bonds. The quantitative estimate of drug-likeness (QED) is 0.484. The van der Waals surface area contributed by atoms with Gasteiger partial charge in [0.15, 0.2) is 0 Å². The summed E-state index contributed by atoms with van der Waals surface area (Å²) in [5.41, 5.74) is 5.38. The summed E-state index contributed by atoms with van der Waals surface area (Å²) in [6.45, 7) is 5.47. The molecule has 1 N–H and O–H groups in total. The van der Waals surface area contributed by atoms with E-state index in [1.807, 2.05) is 54.4 Å². The van der Waals surface area contributed by atoms with E-state index in [2.05, 4.69) is 40.4 Å². The SMILES string of the molecule is Cc1ccc(NC(=O)N2CC/C(=C\c3cccc(Oc4ccc(C5CC5)cn4)c3)C(C)C2)cn1. The molecular weight excluding hydrogens is 424 g/mol. The Hall–Kier alpha value is -3.67. The summed E-state index contributed by atoms with van der Waals surface area (Å²) in [6, 6.07) is 15.8. The second-order valence-electron chi connectivity index (χ2n) is 9.31. The zero-order valence-electron chi connectivity index (χ0n) is 19.7. The molecule has 6 nitrogen and oxygen atoms in total. The number of hydrogen-bond donors (Lipinski definition) is 1. The van der Waals surface area contributed by atoms with Crippen molar-refractivity contribution < 1.29 is 9.53 Å². The maximum absolute atomic E-state index is 12.7. The van der Waals surface area contributed by atoms with Gasteiger partial charge in [-0.15, -0.1) is 0 Å². The number of hydrogen-bond acceptors (Lipinski definition) is 4. The number of likely N-dealkylation sites (tertiary alicyclic amines) is 1. The van der Waals surface area contributed by atoms with Crippen LogP contribution in [-0.2, 0) is 0 Å². The Bertz CT molecular complexity index is 1180. The molecule has 0 radical (unpaired) electrons. The van der Waals surface area contributed by atoms with Crippen LogP contribution < -0.4 is 10.1 Å². The van der Waals surface area contributed by atoms with E-state index in [9.17, 15) is 4.79 Å². The van der Waals surface area contributed by atoms with Crippen molar-refractivity contribution in [3.8, 4) is 11.6 Å². The summed E-state index contributed by atoms with van der Waals surface area (Å²) in [5, 5.41) is 2.95. The lowest BCUT2D eigenvalue weighted by molar-refractivity contribution is 0.198. The number of carbonyl (C=O) groups is 1. The largest absolute Gasteiger partial charge is 0.439 e. The summed E-state index contributed by atoms with van der Waals surface area (Å²) in [6.07, 6.45) is 9.22. The lowest BCUT2D eigenvalue weighted by Crippen LogP contribution is -2.42. The van der Waals surface area contributed by atoms with Crippen molar-refractivity contribution >= 4 is 17.8 Å². The molecule has 3 aromatic rings. The molecule has 34 heavy (non-hydrogen) atoms. The van der Waals surface area contributed by atoms with Gasteiger partial charge in [-0.1, -0.05) is 36.8 Å². The Labute approximate surface area is 200 Å². The molecule has 2 aromatic heterocycles. The zero-order chi connectivity index (χ0) is 23.5. The van der Waals surface area contributed by atoms with Crippen LogP contribution in [0.3, 0.4) is 0 Å². The number of nitrogens with one attached hydrogen (secondary N) is 1. The van der Waals surface area contributed by atoms with Crippen LogP contribution in [0.5, 0.6) is 11.6 Å². The number of benzene rings is 1. The van der Waals surface area contributed by atoms with Gasteiger partial charge >= 0.3 is 6.03 Å². The van der Waals surface area contributed by atoms with Gasteiger partial charge < -0.3 is 15.0 Å². The Kier molecular flexibility index (Phi) is 6.30. The third-order valence-electron chi connectivity index (χ3n) is 6.49. The second kappa shape index (κ2) is 9.67. The Morgan fingerprint density at radius 2 is 2.00 bits per heavy atom. The molecule has 2 fully saturated rings. The maximum Gasteiger partial charge on any atom is 0.321 e. The van der Waals surface area contributed by atoms with Crippen LogP contribution >= 0.6 is 0 Å². The van der Waals surface area contributed by atoms with E-state index in [1.54, 1.807) is 6.20 Å². The lowest BCUT2D eigenvalue weighted by Gasteiger charge is -2.33. The number of aryl methyl sites for hydroxylation is 1. The number of pyridine rings is 2. The normalized spacial score (nSPS) is 19.2. The maximum atomic E-state index is 12.7. The van der Waals surface area contributed by atoms with Crippen molar-refractivity contribution in [2.45, 2.75) is 39.0 Å². The standard InChI is InChI=1S/C28H30N4O2/c1-19-18-32(28(33)31-25-10-6-20(2)29-17-25)13-12-23(19)14-21-4-3-5-26(15-21)34-27-11-9-24(16-30-27)22-7-8-22/h3-6,9-11,14-17,19,22H,7-8,12-13,18H2,1-2H3,(H,31,33)/b23-14+. The highest BCUT2D eigenvalue weighted by atomic mass is 16.5. The number of carbonyl (C=O) groups excluding carboxylic acids is 1. The minimum absolute atomic E-state index is 0.0767. The molecule has 1 aromatic carbocycles. The number of ether oxygens (including phenoxy) is 1. The summed E-state index contributed by atoms with van der Waals surface area (Å²) >= 11 is 0. The van der Waals surface area contributed by atoms with E-state index >= 15 is 0 Å². The highest BCUT2D eigenvalue weighted by Gasteiger charge is 2.25. The van der Waals surface area contributed by atoms with Crippen molar-refractivity contribution in [2.75, 3.05) is 18.4 Å². The van der Waals surface area contributed by atoms with E-state index in [4.69, 9.17) is 4.74 Å². The van der Waals surface area contributed by atoms with Gasteiger partial charge in [-0.3, -0.25) is 4.98 Å². The molecule has 0 bridgehead atoms. The zero-order valence-corrected chi connectivity index (χ0v) is 19.7. The highest BCUT2D eigenvalue weighted by molar-refractivity contribution is 5.89. The molecule has 6 heteroatoms. The molecule has 174 valence electrons. The van der Waals surface area contributed by atoms with Crippen LogP contribution in [0.1, 0.15) is 48.9 Å². The van der Waals surface area contributed by atoms with Gasteiger partial charge in [-0.25, -0.2) is 9.78 Å². The van der Waals surface area contributed by atoms with Crippen LogP contribution in [0.2, 0.25) is 0 Å². The smallest absolute Gasteiger partial charge is 0.321 e. The topological polar surface area (TPSA) is 67.4 Å². The first-order chi connectivity index (χ1) is 16.5. The van der Waals surface area contributed by atoms with Crippen molar-refractivity contribution in [3.05, 3.63) is 83.3 Å². The third-order valence-corrected chi connectivity index (χ3v) is 6.49. The molecule has 1 aliphatic carbocycles. The third kappa shape index (κ3) is 5.45. The van der Waals surface area contributed by atoms with E-state index < -0.39 is 0 Å². The molecule has 3 heterocycles. The first-order valence-electron chi connectivity index (χ1n) is 12.0. The van der Waals surface area contributed by atoms with Gasteiger partial charge in [0.2, 0.25) is 5.88 Å². The molecule has 2 aliphatic rings. The fourth-order valence-corrected chi connectivity index (χ4v) is 4.31. The van der Waals surface area contributed by atoms with Crippen molar-refractivity contribution in [1.82, 2.24) is 14.9 Å². The van der Waals surface area contributed by atoms with Gasteiger partial charge in [0.25, 0.3) is 0 Å². The van der Waals surface area contributed by atoms with Gasteiger partial charge in [-0.2, -0.15) is 0 Å². The van der Waals surface area contributed by atoms with Crippen molar-refractivity contribution in [3.63, 3.8) is 0 Å². The second-order valence-corrected chi connectivity index (χ2v) is 9.31. The fraction of sp³-hybridized carbons (Fsp3) is 0.321.